The molecule has 1 rings (SSSR count). The Morgan fingerprint density at radius 3 is 2.73 bits per heavy atom. The van der Waals surface area contributed by atoms with E-state index in [2.05, 4.69) is 0 Å². The van der Waals surface area contributed by atoms with Gasteiger partial charge in [0.05, 0.1) is 0 Å². The molecule has 0 spiro atoms. The average molecular weight is 214 g/mol. The molecule has 1 unspecified atom stereocenters. The van der Waals surface area contributed by atoms with Gasteiger partial charge in [-0.1, -0.05) is 12.1 Å². The van der Waals surface area contributed by atoms with Crippen LogP contribution in [0, 0.1) is 5.82 Å². The minimum absolute atomic E-state index is 0.161. The summed E-state index contributed by atoms with van der Waals surface area (Å²) in [5.74, 6) is -1.89. The Morgan fingerprint density at radius 1 is 1.53 bits per heavy atom. The molecule has 0 saturated heterocycles. The topological polar surface area (TPSA) is 37.3 Å². The molecule has 2 nitrogen and oxygen atoms in total. The second-order valence-electron chi connectivity index (χ2n) is 3.63. The Labute approximate surface area is 86.5 Å². The number of benzene rings is 1. The fourth-order valence-corrected chi connectivity index (χ4v) is 1.18. The van der Waals surface area contributed by atoms with Crippen LogP contribution in [-0.4, -0.2) is 16.7 Å². The number of carboxylic acid groups (broad SMARTS) is 1. The molecular weight excluding hydrogens is 202 g/mol. The summed E-state index contributed by atoms with van der Waals surface area (Å²) in [5, 5.41) is 8.52. The van der Waals surface area contributed by atoms with Crippen molar-refractivity contribution in [2.75, 3.05) is 0 Å². The number of aliphatic carboxylic acids is 1. The molecule has 0 amide bonds. The average Bonchev–Trinajstić information content (AvgIpc) is 2.15. The summed E-state index contributed by atoms with van der Waals surface area (Å²) < 4.78 is 26.0. The molecule has 0 saturated carbocycles. The molecule has 15 heavy (non-hydrogen) atoms. The third-order valence-corrected chi connectivity index (χ3v) is 2.22. The molecule has 0 bridgehead atoms. The van der Waals surface area contributed by atoms with Crippen LogP contribution in [0.3, 0.4) is 0 Å². The Hall–Kier alpha value is -1.45. The monoisotopic (exact) mass is 214 g/mol. The van der Waals surface area contributed by atoms with Crippen LogP contribution in [0.5, 0.6) is 0 Å². The fraction of sp³-hybridized carbons (Fsp3) is 0.364. The molecule has 0 heterocycles. The smallest absolute Gasteiger partial charge is 0.341 e. The molecule has 1 aromatic rings. The lowest BCUT2D eigenvalue weighted by Gasteiger charge is -2.14. The van der Waals surface area contributed by atoms with E-state index < -0.39 is 17.5 Å². The van der Waals surface area contributed by atoms with Gasteiger partial charge in [-0.05, 0) is 37.5 Å². The van der Waals surface area contributed by atoms with E-state index in [1.165, 1.54) is 18.2 Å². The Kier molecular flexibility index (Phi) is 3.39. The Morgan fingerprint density at radius 2 is 2.20 bits per heavy atom. The van der Waals surface area contributed by atoms with Crippen molar-refractivity contribution >= 4 is 5.97 Å². The molecule has 0 aliphatic rings. The maximum atomic E-state index is 13.3. The van der Waals surface area contributed by atoms with Gasteiger partial charge in [0.25, 0.3) is 0 Å². The van der Waals surface area contributed by atoms with Crippen LogP contribution in [0.25, 0.3) is 0 Å². The number of carboxylic acids is 1. The highest BCUT2D eigenvalue weighted by Gasteiger charge is 2.31. The van der Waals surface area contributed by atoms with Crippen LogP contribution in [0.2, 0.25) is 0 Å². The van der Waals surface area contributed by atoms with Crippen LogP contribution in [0.4, 0.5) is 8.78 Å². The van der Waals surface area contributed by atoms with Crippen molar-refractivity contribution in [3.05, 3.63) is 35.6 Å². The first-order valence-corrected chi connectivity index (χ1v) is 4.58. The minimum atomic E-state index is -2.26. The normalized spacial score (nSPS) is 14.6. The summed E-state index contributed by atoms with van der Waals surface area (Å²) in [6.07, 6.45) is 0.0445. The van der Waals surface area contributed by atoms with Crippen molar-refractivity contribution in [1.82, 2.24) is 0 Å². The summed E-state index contributed by atoms with van der Waals surface area (Å²) in [6.45, 7) is 1.01. The number of aryl methyl sites for hydroxylation is 1. The molecule has 1 atom stereocenters. The number of alkyl halides is 1. The molecule has 0 fully saturated rings. The van der Waals surface area contributed by atoms with E-state index in [0.29, 0.717) is 5.56 Å². The van der Waals surface area contributed by atoms with Crippen molar-refractivity contribution in [2.24, 2.45) is 0 Å². The molecular formula is C11H12F2O2. The van der Waals surface area contributed by atoms with Gasteiger partial charge in [-0.3, -0.25) is 0 Å². The lowest BCUT2D eigenvalue weighted by atomic mass is 9.99. The summed E-state index contributed by atoms with van der Waals surface area (Å²) in [4.78, 5) is 10.5. The molecule has 82 valence electrons. The zero-order chi connectivity index (χ0) is 11.5. The van der Waals surface area contributed by atoms with E-state index in [0.717, 1.165) is 6.92 Å². The maximum absolute atomic E-state index is 13.3. The van der Waals surface area contributed by atoms with Gasteiger partial charge in [-0.2, -0.15) is 0 Å². The first-order valence-electron chi connectivity index (χ1n) is 4.58. The van der Waals surface area contributed by atoms with Crippen LogP contribution in [-0.2, 0) is 11.2 Å². The molecule has 0 aromatic heterocycles. The van der Waals surface area contributed by atoms with Crippen LogP contribution < -0.4 is 0 Å². The van der Waals surface area contributed by atoms with Crippen molar-refractivity contribution in [1.29, 1.82) is 0 Å². The van der Waals surface area contributed by atoms with Gasteiger partial charge in [0.1, 0.15) is 5.82 Å². The van der Waals surface area contributed by atoms with Gasteiger partial charge in [0.2, 0.25) is 5.67 Å². The minimum Gasteiger partial charge on any atom is -0.479 e. The first kappa shape index (κ1) is 11.6. The van der Waals surface area contributed by atoms with E-state index in [9.17, 15) is 13.6 Å². The summed E-state index contributed by atoms with van der Waals surface area (Å²) >= 11 is 0. The molecule has 0 radical (unpaired) electrons. The highest BCUT2D eigenvalue weighted by atomic mass is 19.1. The van der Waals surface area contributed by atoms with E-state index in [4.69, 9.17) is 5.11 Å². The largest absolute Gasteiger partial charge is 0.479 e. The molecule has 1 aromatic carbocycles. The van der Waals surface area contributed by atoms with Crippen molar-refractivity contribution in [3.8, 4) is 0 Å². The Bertz CT molecular complexity index is 361. The summed E-state index contributed by atoms with van der Waals surface area (Å²) in [5.41, 5.74) is -1.66. The van der Waals surface area contributed by atoms with Crippen LogP contribution >= 0.6 is 0 Å². The van der Waals surface area contributed by atoms with Crippen LogP contribution in [0.1, 0.15) is 18.9 Å². The number of rotatable bonds is 4. The Balaban J connectivity index is 2.61. The molecule has 0 aliphatic carbocycles. The van der Waals surface area contributed by atoms with E-state index in [-0.39, 0.29) is 12.8 Å². The second kappa shape index (κ2) is 4.38. The lowest BCUT2D eigenvalue weighted by molar-refractivity contribution is -0.150. The predicted molar refractivity (Wildman–Crippen MR) is 51.9 cm³/mol. The van der Waals surface area contributed by atoms with Gasteiger partial charge < -0.3 is 5.11 Å². The fourth-order valence-electron chi connectivity index (χ4n) is 1.18. The van der Waals surface area contributed by atoms with Gasteiger partial charge in [-0.15, -0.1) is 0 Å². The van der Waals surface area contributed by atoms with Crippen LogP contribution in [0.15, 0.2) is 24.3 Å². The van der Waals surface area contributed by atoms with Crippen molar-refractivity contribution in [3.63, 3.8) is 0 Å². The van der Waals surface area contributed by atoms with E-state index >= 15 is 0 Å². The highest BCUT2D eigenvalue weighted by Crippen LogP contribution is 2.19. The number of halogens is 2. The number of carbonyl (C=O) groups is 1. The molecule has 0 aliphatic heterocycles. The lowest BCUT2D eigenvalue weighted by Crippen LogP contribution is -2.30. The SMILES string of the molecule is CC(F)(CCc1cccc(F)c1)C(=O)O. The number of hydrogen-bond donors (Lipinski definition) is 1. The predicted octanol–water partition coefficient (Wildman–Crippen LogP) is 2.57. The van der Waals surface area contributed by atoms with Gasteiger partial charge in [0.15, 0.2) is 0 Å². The standard InChI is InChI=1S/C11H12F2O2/c1-11(13,10(14)15)6-5-8-3-2-4-9(12)7-8/h2-4,7H,5-6H2,1H3,(H,14,15). The highest BCUT2D eigenvalue weighted by molar-refractivity contribution is 5.76. The van der Waals surface area contributed by atoms with E-state index in [1.54, 1.807) is 6.07 Å². The van der Waals surface area contributed by atoms with Gasteiger partial charge in [-0.25, -0.2) is 13.6 Å². The van der Waals surface area contributed by atoms with Crippen molar-refractivity contribution in [2.45, 2.75) is 25.4 Å². The second-order valence-corrected chi connectivity index (χ2v) is 3.63. The quantitative estimate of drug-likeness (QED) is 0.836. The van der Waals surface area contributed by atoms with Gasteiger partial charge >= 0.3 is 5.97 Å². The zero-order valence-corrected chi connectivity index (χ0v) is 8.34. The maximum Gasteiger partial charge on any atom is 0.341 e. The molecule has 1 N–H and O–H groups in total. The number of hydrogen-bond acceptors (Lipinski definition) is 1. The summed E-state index contributed by atoms with van der Waals surface area (Å²) in [6, 6.07) is 5.72. The first-order chi connectivity index (χ1) is 6.92. The van der Waals surface area contributed by atoms with Crippen molar-refractivity contribution < 1.29 is 18.7 Å². The zero-order valence-electron chi connectivity index (χ0n) is 8.34. The third kappa shape index (κ3) is 3.31. The summed E-state index contributed by atoms with van der Waals surface area (Å²) in [7, 11) is 0. The van der Waals surface area contributed by atoms with E-state index in [1.807, 2.05) is 0 Å². The molecule has 4 heteroatoms. The third-order valence-electron chi connectivity index (χ3n) is 2.22. The van der Waals surface area contributed by atoms with Gasteiger partial charge in [0, 0.05) is 0 Å².